The van der Waals surface area contributed by atoms with Crippen molar-refractivity contribution in [2.45, 2.75) is 39.4 Å². The van der Waals surface area contributed by atoms with E-state index in [1.54, 1.807) is 13.3 Å². The highest BCUT2D eigenvalue weighted by Gasteiger charge is 2.21. The number of carbonyl (C=O) groups is 1. The highest BCUT2D eigenvalue weighted by Crippen LogP contribution is 2.31. The summed E-state index contributed by atoms with van der Waals surface area (Å²) >= 11 is 0. The smallest absolute Gasteiger partial charge is 0.357 e. The molecule has 0 amide bonds. The third-order valence-electron chi connectivity index (χ3n) is 5.02. The Kier molecular flexibility index (Phi) is 5.77. The highest BCUT2D eigenvalue weighted by atomic mass is 16.5. The number of aromatic nitrogens is 3. The Morgan fingerprint density at radius 1 is 1.10 bits per heavy atom. The van der Waals surface area contributed by atoms with E-state index in [2.05, 4.69) is 33.2 Å². The zero-order valence-corrected chi connectivity index (χ0v) is 17.4. The van der Waals surface area contributed by atoms with Crippen molar-refractivity contribution in [3.8, 4) is 0 Å². The van der Waals surface area contributed by atoms with Crippen LogP contribution in [0.15, 0.2) is 48.8 Å². The Balaban J connectivity index is 1.77. The molecular weight excluding hydrogens is 378 g/mol. The summed E-state index contributed by atoms with van der Waals surface area (Å²) in [6.45, 7) is 3.93. The van der Waals surface area contributed by atoms with E-state index in [0.717, 1.165) is 45.9 Å². The van der Waals surface area contributed by atoms with Crippen LogP contribution in [-0.2, 0) is 28.9 Å². The number of nitrogens with zero attached hydrogens (tertiary/aromatic N) is 2. The molecule has 0 spiro atoms. The second-order valence-corrected chi connectivity index (χ2v) is 7.59. The van der Waals surface area contributed by atoms with E-state index < -0.39 is 5.97 Å². The van der Waals surface area contributed by atoms with Crippen LogP contribution in [0.2, 0.25) is 0 Å². The first kappa shape index (κ1) is 20.0. The van der Waals surface area contributed by atoms with Gasteiger partial charge in [0.1, 0.15) is 0 Å². The molecule has 0 radical (unpaired) electrons. The molecule has 0 bridgehead atoms. The first-order valence-electron chi connectivity index (χ1n) is 10.1. The normalized spacial score (nSPS) is 11.5. The molecule has 0 saturated heterocycles. The maximum Gasteiger partial charge on any atom is 0.357 e. The van der Waals surface area contributed by atoms with Gasteiger partial charge in [0.25, 0.3) is 0 Å². The lowest BCUT2D eigenvalue weighted by Gasteiger charge is -2.12. The molecule has 30 heavy (non-hydrogen) atoms. The minimum Gasteiger partial charge on any atom is -0.458 e. The number of carbonyl (C=O) groups excluding carboxylic acids is 1. The molecule has 0 aliphatic heterocycles. The molecule has 0 atom stereocenters. The zero-order chi connectivity index (χ0) is 21.1. The number of benzene rings is 1. The number of rotatable bonds is 7. The van der Waals surface area contributed by atoms with E-state index in [0.29, 0.717) is 5.69 Å². The number of H-pyrrole nitrogens is 1. The zero-order valence-electron chi connectivity index (χ0n) is 17.4. The van der Waals surface area contributed by atoms with Crippen LogP contribution in [0.3, 0.4) is 0 Å². The van der Waals surface area contributed by atoms with E-state index in [1.165, 1.54) is 5.56 Å². The van der Waals surface area contributed by atoms with Gasteiger partial charge in [-0.15, -0.1) is 0 Å². The van der Waals surface area contributed by atoms with Crippen LogP contribution in [0.1, 0.15) is 41.2 Å². The van der Waals surface area contributed by atoms with Gasteiger partial charge in [-0.25, -0.2) is 9.78 Å². The van der Waals surface area contributed by atoms with Crippen LogP contribution >= 0.6 is 0 Å². The van der Waals surface area contributed by atoms with E-state index in [-0.39, 0.29) is 12.7 Å². The number of esters is 1. The molecule has 6 nitrogen and oxygen atoms in total. The van der Waals surface area contributed by atoms with E-state index >= 15 is 0 Å². The van der Waals surface area contributed by atoms with E-state index in [4.69, 9.17) is 9.47 Å². The number of methoxy groups -OCH3 is 1. The van der Waals surface area contributed by atoms with Crippen molar-refractivity contribution in [3.63, 3.8) is 0 Å². The standard InChI is InChI=1S/C24H25N3O3/c1-15(2)30-24(28)23-19(14-29-3)22-18-12-16(7-9-17-6-4-5-11-25-17)8-10-20(18)27-21(22)13-26-23/h4-6,8,10-13,15,27H,7,9,14H2,1-3H3. The van der Waals surface area contributed by atoms with Gasteiger partial charge in [-0.2, -0.15) is 0 Å². The molecule has 0 fully saturated rings. The molecule has 1 aromatic carbocycles. The van der Waals surface area contributed by atoms with Gasteiger partial charge >= 0.3 is 5.97 Å². The predicted molar refractivity (Wildman–Crippen MR) is 117 cm³/mol. The van der Waals surface area contributed by atoms with Crippen LogP contribution in [0, 0.1) is 0 Å². The minimum atomic E-state index is -0.431. The molecule has 4 rings (SSSR count). The van der Waals surface area contributed by atoms with Gasteiger partial charge in [-0.05, 0) is 56.5 Å². The third-order valence-corrected chi connectivity index (χ3v) is 5.02. The van der Waals surface area contributed by atoms with Gasteiger partial charge in [0.2, 0.25) is 0 Å². The van der Waals surface area contributed by atoms with Crippen LogP contribution in [0.25, 0.3) is 21.8 Å². The van der Waals surface area contributed by atoms with Crippen molar-refractivity contribution < 1.29 is 14.3 Å². The van der Waals surface area contributed by atoms with Crippen LogP contribution in [-0.4, -0.2) is 34.1 Å². The Morgan fingerprint density at radius 2 is 1.97 bits per heavy atom. The first-order valence-corrected chi connectivity index (χ1v) is 10.1. The summed E-state index contributed by atoms with van der Waals surface area (Å²) < 4.78 is 10.8. The number of aromatic amines is 1. The second kappa shape index (κ2) is 8.63. The highest BCUT2D eigenvalue weighted by molar-refractivity contribution is 6.11. The molecule has 0 saturated carbocycles. The molecule has 0 unspecified atom stereocenters. The van der Waals surface area contributed by atoms with Gasteiger partial charge in [0, 0.05) is 40.9 Å². The Morgan fingerprint density at radius 3 is 2.70 bits per heavy atom. The first-order chi connectivity index (χ1) is 14.6. The summed E-state index contributed by atoms with van der Waals surface area (Å²) in [5, 5.41) is 2.01. The van der Waals surface area contributed by atoms with Crippen LogP contribution in [0.4, 0.5) is 0 Å². The van der Waals surface area contributed by atoms with Gasteiger partial charge in [-0.3, -0.25) is 4.98 Å². The summed E-state index contributed by atoms with van der Waals surface area (Å²) in [4.78, 5) is 24.8. The lowest BCUT2D eigenvalue weighted by atomic mass is 10.0. The van der Waals surface area contributed by atoms with Gasteiger partial charge in [0.15, 0.2) is 5.69 Å². The fourth-order valence-corrected chi connectivity index (χ4v) is 3.71. The Bertz CT molecular complexity index is 1180. The molecule has 154 valence electrons. The van der Waals surface area contributed by atoms with Crippen molar-refractivity contribution in [2.75, 3.05) is 7.11 Å². The number of fused-ring (bicyclic) bond motifs is 3. The number of nitrogens with one attached hydrogen (secondary N) is 1. The van der Waals surface area contributed by atoms with E-state index in [9.17, 15) is 4.79 Å². The maximum absolute atomic E-state index is 12.6. The lowest BCUT2D eigenvalue weighted by molar-refractivity contribution is 0.0366. The summed E-state index contributed by atoms with van der Waals surface area (Å²) in [6, 6.07) is 12.3. The van der Waals surface area contributed by atoms with Gasteiger partial charge < -0.3 is 14.5 Å². The number of hydrogen-bond acceptors (Lipinski definition) is 5. The average molecular weight is 403 g/mol. The van der Waals surface area contributed by atoms with Crippen LogP contribution < -0.4 is 0 Å². The predicted octanol–water partition coefficient (Wildman–Crippen LogP) is 4.61. The second-order valence-electron chi connectivity index (χ2n) is 7.59. The van der Waals surface area contributed by atoms with Crippen LogP contribution in [0.5, 0.6) is 0 Å². The van der Waals surface area contributed by atoms with Crippen molar-refractivity contribution in [3.05, 3.63) is 71.3 Å². The van der Waals surface area contributed by atoms with Crippen molar-refractivity contribution in [2.24, 2.45) is 0 Å². The number of pyridine rings is 2. The fourth-order valence-electron chi connectivity index (χ4n) is 3.71. The lowest BCUT2D eigenvalue weighted by Crippen LogP contribution is -2.15. The number of hydrogen-bond donors (Lipinski definition) is 1. The Labute approximate surface area is 175 Å². The summed E-state index contributed by atoms with van der Waals surface area (Å²) in [5.41, 5.74) is 5.20. The molecule has 4 aromatic rings. The van der Waals surface area contributed by atoms with Crippen molar-refractivity contribution >= 4 is 27.8 Å². The quantitative estimate of drug-likeness (QED) is 0.456. The van der Waals surface area contributed by atoms with Crippen molar-refractivity contribution in [1.29, 1.82) is 0 Å². The molecule has 0 aliphatic carbocycles. The molecule has 1 N–H and O–H groups in total. The van der Waals surface area contributed by atoms with E-state index in [1.807, 2.05) is 38.2 Å². The summed E-state index contributed by atoms with van der Waals surface area (Å²) in [6.07, 6.45) is 5.05. The monoisotopic (exact) mass is 403 g/mol. The molecule has 3 heterocycles. The maximum atomic E-state index is 12.6. The third kappa shape index (κ3) is 4.04. The molecule has 6 heteroatoms. The van der Waals surface area contributed by atoms with Gasteiger partial charge in [-0.1, -0.05) is 12.1 Å². The number of ether oxygens (including phenoxy) is 2. The fraction of sp³-hybridized carbons (Fsp3) is 0.292. The molecule has 3 aromatic heterocycles. The Hall–Kier alpha value is -3.25. The molecular formula is C24H25N3O3. The summed E-state index contributed by atoms with van der Waals surface area (Å²) in [7, 11) is 1.61. The minimum absolute atomic E-state index is 0.216. The number of aryl methyl sites for hydroxylation is 2. The van der Waals surface area contributed by atoms with Gasteiger partial charge in [0.05, 0.1) is 24.4 Å². The van der Waals surface area contributed by atoms with Crippen molar-refractivity contribution in [1.82, 2.24) is 15.0 Å². The summed E-state index contributed by atoms with van der Waals surface area (Å²) in [5.74, 6) is -0.431. The molecule has 0 aliphatic rings. The largest absolute Gasteiger partial charge is 0.458 e. The average Bonchev–Trinajstić information content (AvgIpc) is 3.11. The SMILES string of the molecule is COCc1c(C(=O)OC(C)C)ncc2[nH]c3ccc(CCc4ccccn4)cc3c12. The topological polar surface area (TPSA) is 77.1 Å².